The number of hydrogen-bond acceptors (Lipinski definition) is 2. The molecular formula is C10H7BrO2. The van der Waals surface area contributed by atoms with Crippen molar-refractivity contribution in [3.63, 3.8) is 0 Å². The Bertz CT molecular complexity index is 383. The number of carbonyl (C=O) groups excluding carboxylic acids is 1. The van der Waals surface area contributed by atoms with Gasteiger partial charge in [0.15, 0.2) is 6.29 Å². The fraction of sp³-hybridized carbons (Fsp3) is 0.100. The van der Waals surface area contributed by atoms with Crippen LogP contribution in [0.1, 0.15) is 5.56 Å². The Morgan fingerprint density at radius 2 is 2.31 bits per heavy atom. The molecule has 0 saturated heterocycles. The molecule has 0 atom stereocenters. The van der Waals surface area contributed by atoms with Crippen LogP contribution in [0.5, 0.6) is 5.75 Å². The van der Waals surface area contributed by atoms with Gasteiger partial charge < -0.3 is 4.74 Å². The van der Waals surface area contributed by atoms with Gasteiger partial charge in [0.05, 0.1) is 0 Å². The number of benzene rings is 1. The van der Waals surface area contributed by atoms with Crippen LogP contribution in [0.4, 0.5) is 0 Å². The molecular weight excluding hydrogens is 232 g/mol. The summed E-state index contributed by atoms with van der Waals surface area (Å²) in [7, 11) is 0. The Morgan fingerprint density at radius 1 is 1.46 bits per heavy atom. The SMILES string of the molecule is O=CC1=CCOc2cc(Br)ccc21. The highest BCUT2D eigenvalue weighted by Crippen LogP contribution is 2.31. The minimum absolute atomic E-state index is 0.470. The van der Waals surface area contributed by atoms with E-state index >= 15 is 0 Å². The topological polar surface area (TPSA) is 26.3 Å². The standard InChI is InChI=1S/C10H7BrO2/c11-8-1-2-9-7(6-12)3-4-13-10(9)5-8/h1-3,5-6H,4H2. The maximum atomic E-state index is 10.7. The summed E-state index contributed by atoms with van der Waals surface area (Å²) in [5.74, 6) is 0.763. The molecule has 3 heteroatoms. The van der Waals surface area contributed by atoms with Crippen molar-refractivity contribution >= 4 is 27.8 Å². The number of aldehydes is 1. The second-order valence-corrected chi connectivity index (χ2v) is 3.64. The molecule has 0 amide bonds. The molecule has 0 saturated carbocycles. The van der Waals surface area contributed by atoms with Crippen LogP contribution < -0.4 is 4.74 Å². The maximum Gasteiger partial charge on any atom is 0.150 e. The van der Waals surface area contributed by atoms with Gasteiger partial charge in [0, 0.05) is 15.6 Å². The Kier molecular flexibility index (Phi) is 2.19. The highest BCUT2D eigenvalue weighted by Gasteiger charge is 2.12. The van der Waals surface area contributed by atoms with Crippen molar-refractivity contribution in [3.05, 3.63) is 34.3 Å². The zero-order valence-corrected chi connectivity index (χ0v) is 8.37. The van der Waals surface area contributed by atoms with Crippen LogP contribution in [0.3, 0.4) is 0 Å². The molecule has 0 aliphatic carbocycles. The van der Waals surface area contributed by atoms with E-state index in [0.29, 0.717) is 12.2 Å². The van der Waals surface area contributed by atoms with E-state index in [4.69, 9.17) is 4.74 Å². The first-order chi connectivity index (χ1) is 6.31. The molecule has 0 aromatic heterocycles. The molecule has 0 N–H and O–H groups in total. The molecule has 1 aliphatic heterocycles. The molecule has 1 heterocycles. The number of halogens is 1. The monoisotopic (exact) mass is 238 g/mol. The van der Waals surface area contributed by atoms with Crippen molar-refractivity contribution in [2.45, 2.75) is 0 Å². The lowest BCUT2D eigenvalue weighted by Crippen LogP contribution is -2.04. The first kappa shape index (κ1) is 8.51. The summed E-state index contributed by atoms with van der Waals surface area (Å²) in [5, 5.41) is 0. The van der Waals surface area contributed by atoms with Crippen molar-refractivity contribution in [1.29, 1.82) is 0 Å². The summed E-state index contributed by atoms with van der Waals surface area (Å²) >= 11 is 3.34. The minimum Gasteiger partial charge on any atom is -0.489 e. The van der Waals surface area contributed by atoms with Crippen molar-refractivity contribution in [1.82, 2.24) is 0 Å². The molecule has 1 aromatic carbocycles. The third kappa shape index (κ3) is 1.52. The zero-order valence-electron chi connectivity index (χ0n) is 6.79. The van der Waals surface area contributed by atoms with Gasteiger partial charge >= 0.3 is 0 Å². The van der Waals surface area contributed by atoms with Crippen molar-refractivity contribution in [2.75, 3.05) is 6.61 Å². The third-order valence-electron chi connectivity index (χ3n) is 1.92. The van der Waals surface area contributed by atoms with Gasteiger partial charge in [0.1, 0.15) is 12.4 Å². The minimum atomic E-state index is 0.470. The second-order valence-electron chi connectivity index (χ2n) is 2.73. The molecule has 66 valence electrons. The maximum absolute atomic E-state index is 10.7. The van der Waals surface area contributed by atoms with Crippen LogP contribution >= 0.6 is 15.9 Å². The van der Waals surface area contributed by atoms with Crippen LogP contribution in [0.15, 0.2) is 28.7 Å². The highest BCUT2D eigenvalue weighted by molar-refractivity contribution is 9.10. The molecule has 1 aromatic rings. The van der Waals surface area contributed by atoms with Gasteiger partial charge in [0.25, 0.3) is 0 Å². The molecule has 13 heavy (non-hydrogen) atoms. The summed E-state index contributed by atoms with van der Waals surface area (Å²) in [6, 6.07) is 5.63. The van der Waals surface area contributed by atoms with Gasteiger partial charge in [-0.1, -0.05) is 15.9 Å². The van der Waals surface area contributed by atoms with Gasteiger partial charge in [0.2, 0.25) is 0 Å². The average molecular weight is 239 g/mol. The van der Waals surface area contributed by atoms with Crippen LogP contribution in [0, 0.1) is 0 Å². The number of allylic oxidation sites excluding steroid dienone is 1. The number of carbonyl (C=O) groups is 1. The highest BCUT2D eigenvalue weighted by atomic mass is 79.9. The summed E-state index contributed by atoms with van der Waals surface area (Å²) in [6.45, 7) is 0.470. The Labute approximate surface area is 84.3 Å². The van der Waals surface area contributed by atoms with E-state index in [1.807, 2.05) is 18.2 Å². The predicted molar refractivity (Wildman–Crippen MR) is 53.7 cm³/mol. The molecule has 0 spiro atoms. The number of ether oxygens (including phenoxy) is 1. The zero-order chi connectivity index (χ0) is 9.26. The van der Waals surface area contributed by atoms with E-state index in [0.717, 1.165) is 22.1 Å². The van der Waals surface area contributed by atoms with Gasteiger partial charge in [-0.15, -0.1) is 0 Å². The van der Waals surface area contributed by atoms with Gasteiger partial charge in [-0.05, 0) is 24.3 Å². The van der Waals surface area contributed by atoms with Crippen LogP contribution in [0.2, 0.25) is 0 Å². The van der Waals surface area contributed by atoms with Crippen LogP contribution in [-0.4, -0.2) is 12.9 Å². The van der Waals surface area contributed by atoms with E-state index in [1.54, 1.807) is 6.08 Å². The number of fused-ring (bicyclic) bond motifs is 1. The quantitative estimate of drug-likeness (QED) is 0.703. The normalized spacial score (nSPS) is 14.1. The lowest BCUT2D eigenvalue weighted by atomic mass is 10.0. The molecule has 0 radical (unpaired) electrons. The summed E-state index contributed by atoms with van der Waals surface area (Å²) in [5.41, 5.74) is 1.57. The molecule has 0 unspecified atom stereocenters. The number of rotatable bonds is 1. The largest absolute Gasteiger partial charge is 0.489 e. The first-order valence-electron chi connectivity index (χ1n) is 3.89. The Hall–Kier alpha value is -1.09. The summed E-state index contributed by atoms with van der Waals surface area (Å²) in [4.78, 5) is 10.7. The van der Waals surface area contributed by atoms with Gasteiger partial charge in [-0.2, -0.15) is 0 Å². The van der Waals surface area contributed by atoms with E-state index in [1.165, 1.54) is 0 Å². The summed E-state index contributed by atoms with van der Waals surface area (Å²) < 4.78 is 6.33. The van der Waals surface area contributed by atoms with E-state index in [-0.39, 0.29) is 0 Å². The van der Waals surface area contributed by atoms with Gasteiger partial charge in [-0.25, -0.2) is 0 Å². The molecule has 0 fully saturated rings. The Balaban J connectivity index is 2.55. The molecule has 2 rings (SSSR count). The van der Waals surface area contributed by atoms with Crippen molar-refractivity contribution < 1.29 is 9.53 Å². The number of hydrogen-bond donors (Lipinski definition) is 0. The molecule has 2 nitrogen and oxygen atoms in total. The lowest BCUT2D eigenvalue weighted by Gasteiger charge is -2.15. The average Bonchev–Trinajstić information content (AvgIpc) is 2.16. The first-order valence-corrected chi connectivity index (χ1v) is 4.68. The second kappa shape index (κ2) is 3.34. The van der Waals surface area contributed by atoms with Crippen LogP contribution in [-0.2, 0) is 4.79 Å². The predicted octanol–water partition coefficient (Wildman–Crippen LogP) is 2.42. The van der Waals surface area contributed by atoms with E-state index in [2.05, 4.69) is 15.9 Å². The lowest BCUT2D eigenvalue weighted by molar-refractivity contribution is -0.103. The third-order valence-corrected chi connectivity index (χ3v) is 2.42. The molecule has 0 bridgehead atoms. The fourth-order valence-corrected chi connectivity index (χ4v) is 1.64. The summed E-state index contributed by atoms with van der Waals surface area (Å²) in [6.07, 6.45) is 2.64. The van der Waals surface area contributed by atoms with Crippen molar-refractivity contribution in [3.8, 4) is 5.75 Å². The fourth-order valence-electron chi connectivity index (χ4n) is 1.30. The van der Waals surface area contributed by atoms with Crippen molar-refractivity contribution in [2.24, 2.45) is 0 Å². The van der Waals surface area contributed by atoms with Crippen LogP contribution in [0.25, 0.3) is 5.57 Å². The smallest absolute Gasteiger partial charge is 0.150 e. The van der Waals surface area contributed by atoms with E-state index in [9.17, 15) is 4.79 Å². The molecule has 1 aliphatic rings. The van der Waals surface area contributed by atoms with E-state index < -0.39 is 0 Å². The Morgan fingerprint density at radius 3 is 3.08 bits per heavy atom. The van der Waals surface area contributed by atoms with Gasteiger partial charge in [-0.3, -0.25) is 4.79 Å².